The third-order valence-electron chi connectivity index (χ3n) is 5.92. The van der Waals surface area contributed by atoms with E-state index in [1.54, 1.807) is 14.2 Å². The van der Waals surface area contributed by atoms with Crippen LogP contribution in [0.2, 0.25) is 5.02 Å². The zero-order valence-corrected chi connectivity index (χ0v) is 21.3. The van der Waals surface area contributed by atoms with Crippen LogP contribution in [-0.4, -0.2) is 46.2 Å². The van der Waals surface area contributed by atoms with E-state index in [9.17, 15) is 4.79 Å². The minimum atomic E-state index is -0.101. The molecule has 3 aromatic rings. The minimum absolute atomic E-state index is 0.101. The van der Waals surface area contributed by atoms with Gasteiger partial charge in [-0.15, -0.1) is 0 Å². The van der Waals surface area contributed by atoms with Gasteiger partial charge in [0, 0.05) is 42.6 Å². The summed E-state index contributed by atoms with van der Waals surface area (Å²) in [6.45, 7) is 0.668. The molecule has 1 amide bonds. The van der Waals surface area contributed by atoms with Gasteiger partial charge in [-0.1, -0.05) is 29.8 Å². The van der Waals surface area contributed by atoms with E-state index in [0.29, 0.717) is 11.6 Å². The van der Waals surface area contributed by atoms with Crippen molar-refractivity contribution in [3.63, 3.8) is 0 Å². The van der Waals surface area contributed by atoms with Crippen LogP contribution in [0.25, 0.3) is 5.57 Å². The van der Waals surface area contributed by atoms with Crippen molar-refractivity contribution in [1.29, 1.82) is 0 Å². The fraction of sp³-hybridized carbons (Fsp3) is 0.250. The maximum atomic E-state index is 11.5. The first-order valence-electron chi connectivity index (χ1n) is 11.4. The normalized spacial score (nSPS) is 14.7. The molecular weight excluding hydrogens is 462 g/mol. The molecule has 0 bridgehead atoms. The zero-order chi connectivity index (χ0) is 25.2. The molecule has 4 rings (SSSR count). The predicted octanol–water partition coefficient (Wildman–Crippen LogP) is 6.11. The Balaban J connectivity index is 0.000000287. The van der Waals surface area contributed by atoms with Crippen LogP contribution in [0.15, 0.2) is 72.8 Å². The Kier molecular flexibility index (Phi) is 9.44. The van der Waals surface area contributed by atoms with Gasteiger partial charge in [0.2, 0.25) is 6.41 Å². The number of amides is 1. The topological polar surface area (TPSA) is 62.8 Å². The average Bonchev–Trinajstić information content (AvgIpc) is 2.93. The van der Waals surface area contributed by atoms with E-state index in [2.05, 4.69) is 16.7 Å². The van der Waals surface area contributed by atoms with Crippen LogP contribution < -0.4 is 20.1 Å². The van der Waals surface area contributed by atoms with Gasteiger partial charge in [0.15, 0.2) is 0 Å². The first-order valence-corrected chi connectivity index (χ1v) is 11.8. The number of methoxy groups -OCH3 is 2. The molecule has 1 unspecified atom stereocenters. The average molecular weight is 494 g/mol. The fourth-order valence-electron chi connectivity index (χ4n) is 3.95. The molecule has 0 saturated heterocycles. The van der Waals surface area contributed by atoms with Crippen molar-refractivity contribution < 1.29 is 14.3 Å². The summed E-state index contributed by atoms with van der Waals surface area (Å²) in [5.41, 5.74) is 5.45. The summed E-state index contributed by atoms with van der Waals surface area (Å²) < 4.78 is 10.2. The molecule has 0 fully saturated rings. The molecule has 6 nitrogen and oxygen atoms in total. The molecule has 0 saturated carbocycles. The van der Waals surface area contributed by atoms with Crippen molar-refractivity contribution in [3.05, 3.63) is 89.0 Å². The molecule has 1 aliphatic heterocycles. The standard InChI is InChI=1S/C20H21ClN2O2.C8H11NO/c1-22-19-8-5-16(21)12-18(19)15-9-10-23(13-24)20(11-15)14-3-6-17(25-2)7-4-14;1-9-7-3-5-8(10-2)6-4-7/h3-8,11-13,20,22H,9-10H2,1-2H3;3-6,9H,1-2H3. The van der Waals surface area contributed by atoms with Crippen LogP contribution in [0.1, 0.15) is 23.6 Å². The van der Waals surface area contributed by atoms with Gasteiger partial charge in [0.1, 0.15) is 11.5 Å². The number of ether oxygens (including phenoxy) is 2. The number of hydrogen-bond acceptors (Lipinski definition) is 5. The van der Waals surface area contributed by atoms with E-state index in [-0.39, 0.29) is 6.04 Å². The largest absolute Gasteiger partial charge is 0.497 e. The third-order valence-corrected chi connectivity index (χ3v) is 6.16. The molecule has 184 valence electrons. The number of rotatable bonds is 7. The van der Waals surface area contributed by atoms with Gasteiger partial charge in [-0.05, 0) is 72.2 Å². The monoisotopic (exact) mass is 493 g/mol. The Morgan fingerprint density at radius 1 is 0.914 bits per heavy atom. The highest BCUT2D eigenvalue weighted by Gasteiger charge is 2.24. The van der Waals surface area contributed by atoms with E-state index in [1.165, 1.54) is 5.57 Å². The Hall–Kier alpha value is -3.64. The zero-order valence-electron chi connectivity index (χ0n) is 20.5. The summed E-state index contributed by atoms with van der Waals surface area (Å²) in [5.74, 6) is 1.69. The van der Waals surface area contributed by atoms with E-state index in [0.717, 1.165) is 46.8 Å². The highest BCUT2D eigenvalue weighted by molar-refractivity contribution is 6.30. The van der Waals surface area contributed by atoms with Crippen LogP contribution in [-0.2, 0) is 4.79 Å². The predicted molar refractivity (Wildman–Crippen MR) is 145 cm³/mol. The molecule has 3 aromatic carbocycles. The number of nitrogens with zero attached hydrogens (tertiary/aromatic N) is 1. The van der Waals surface area contributed by atoms with Crippen molar-refractivity contribution in [2.24, 2.45) is 0 Å². The fourth-order valence-corrected chi connectivity index (χ4v) is 4.12. The van der Waals surface area contributed by atoms with Crippen molar-refractivity contribution in [2.75, 3.05) is 45.5 Å². The van der Waals surface area contributed by atoms with Crippen LogP contribution in [0.4, 0.5) is 11.4 Å². The van der Waals surface area contributed by atoms with Crippen LogP contribution >= 0.6 is 11.6 Å². The van der Waals surface area contributed by atoms with Gasteiger partial charge >= 0.3 is 0 Å². The molecule has 1 atom stereocenters. The summed E-state index contributed by atoms with van der Waals surface area (Å²) in [7, 11) is 7.09. The molecule has 0 spiro atoms. The summed E-state index contributed by atoms with van der Waals surface area (Å²) in [6.07, 6.45) is 3.85. The highest BCUT2D eigenvalue weighted by Crippen LogP contribution is 2.36. The van der Waals surface area contributed by atoms with Crippen LogP contribution in [0.3, 0.4) is 0 Å². The number of hydrogen-bond donors (Lipinski definition) is 2. The smallest absolute Gasteiger partial charge is 0.210 e. The molecule has 7 heteroatoms. The highest BCUT2D eigenvalue weighted by atomic mass is 35.5. The lowest BCUT2D eigenvalue weighted by Gasteiger charge is -2.32. The number of halogens is 1. The Morgan fingerprint density at radius 3 is 2.09 bits per heavy atom. The second kappa shape index (κ2) is 12.7. The third kappa shape index (κ3) is 6.70. The number of anilines is 2. The first kappa shape index (κ1) is 26.0. The maximum Gasteiger partial charge on any atom is 0.210 e. The van der Waals surface area contributed by atoms with E-state index < -0.39 is 0 Å². The number of nitrogens with one attached hydrogen (secondary N) is 2. The maximum absolute atomic E-state index is 11.5. The quantitative estimate of drug-likeness (QED) is 0.388. The lowest BCUT2D eigenvalue weighted by Crippen LogP contribution is -2.30. The summed E-state index contributed by atoms with van der Waals surface area (Å²) in [6, 6.07) is 21.3. The SMILES string of the molecule is CNc1ccc(Cl)cc1C1=CC(c2ccc(OC)cc2)N(C=O)CC1.CNc1ccc(OC)cc1. The van der Waals surface area contributed by atoms with Gasteiger partial charge in [-0.3, -0.25) is 4.79 Å². The molecule has 35 heavy (non-hydrogen) atoms. The molecule has 0 aromatic heterocycles. The van der Waals surface area contributed by atoms with Gasteiger partial charge < -0.3 is 25.0 Å². The van der Waals surface area contributed by atoms with Crippen molar-refractivity contribution >= 4 is 35.0 Å². The second-order valence-electron chi connectivity index (χ2n) is 7.92. The van der Waals surface area contributed by atoms with Gasteiger partial charge in [0.05, 0.1) is 20.3 Å². The number of carbonyl (C=O) groups is 1. The lowest BCUT2D eigenvalue weighted by atomic mass is 9.92. The van der Waals surface area contributed by atoms with Gasteiger partial charge in [-0.25, -0.2) is 0 Å². The van der Waals surface area contributed by atoms with E-state index in [1.807, 2.05) is 85.7 Å². The Bertz CT molecular complexity index is 1110. The molecule has 0 radical (unpaired) electrons. The second-order valence-corrected chi connectivity index (χ2v) is 8.36. The summed E-state index contributed by atoms with van der Waals surface area (Å²) in [5, 5.41) is 6.94. The van der Waals surface area contributed by atoms with Crippen molar-refractivity contribution in [1.82, 2.24) is 4.90 Å². The van der Waals surface area contributed by atoms with Crippen molar-refractivity contribution in [2.45, 2.75) is 12.5 Å². The lowest BCUT2D eigenvalue weighted by molar-refractivity contribution is -0.119. The number of benzene rings is 3. The summed E-state index contributed by atoms with van der Waals surface area (Å²) in [4.78, 5) is 13.3. The molecule has 1 aliphatic rings. The Morgan fingerprint density at radius 2 is 1.54 bits per heavy atom. The van der Waals surface area contributed by atoms with E-state index >= 15 is 0 Å². The van der Waals surface area contributed by atoms with Crippen LogP contribution in [0, 0.1) is 0 Å². The van der Waals surface area contributed by atoms with Gasteiger partial charge in [-0.2, -0.15) is 0 Å². The summed E-state index contributed by atoms with van der Waals surface area (Å²) >= 11 is 6.20. The number of carbonyl (C=O) groups excluding carboxylic acids is 1. The molecule has 1 heterocycles. The molecular formula is C28H32ClN3O3. The van der Waals surface area contributed by atoms with Crippen LogP contribution in [0.5, 0.6) is 11.5 Å². The first-order chi connectivity index (χ1) is 17.0. The minimum Gasteiger partial charge on any atom is -0.497 e. The van der Waals surface area contributed by atoms with Crippen molar-refractivity contribution in [3.8, 4) is 11.5 Å². The molecule has 0 aliphatic carbocycles. The van der Waals surface area contributed by atoms with Gasteiger partial charge in [0.25, 0.3) is 0 Å². The van der Waals surface area contributed by atoms with E-state index in [4.69, 9.17) is 21.1 Å². The molecule has 2 N–H and O–H groups in total. The Labute approximate surface area is 212 Å².